The number of anilines is 1. The van der Waals surface area contributed by atoms with Crippen LogP contribution in [0.5, 0.6) is 11.5 Å². The van der Waals surface area contributed by atoms with Crippen molar-refractivity contribution < 1.29 is 24.2 Å². The van der Waals surface area contributed by atoms with Crippen molar-refractivity contribution in [2.45, 2.75) is 18.6 Å². The number of hydrogen-bond acceptors (Lipinski definition) is 5. The molecular formula is C26H20ClNO5. The molecule has 1 N–H and O–H groups in total. The number of hydrogen-bond donors (Lipinski definition) is 1. The first-order chi connectivity index (χ1) is 16.0. The highest BCUT2D eigenvalue weighted by Gasteiger charge is 2.50. The van der Waals surface area contributed by atoms with Gasteiger partial charge in [0.15, 0.2) is 22.9 Å². The van der Waals surface area contributed by atoms with Crippen molar-refractivity contribution in [1.82, 2.24) is 0 Å². The van der Waals surface area contributed by atoms with E-state index in [1.807, 2.05) is 18.2 Å². The lowest BCUT2D eigenvalue weighted by atomic mass is 9.89. The normalized spacial score (nSPS) is 18.7. The van der Waals surface area contributed by atoms with E-state index in [0.717, 1.165) is 11.1 Å². The number of carbonyl (C=O) groups is 2. The maximum Gasteiger partial charge on any atom is 0.264 e. The molecule has 0 unspecified atom stereocenters. The first-order valence-electron chi connectivity index (χ1n) is 10.4. The number of ether oxygens (including phenoxy) is 2. The summed E-state index contributed by atoms with van der Waals surface area (Å²) in [5.74, 6) is 0.337. The van der Waals surface area contributed by atoms with Crippen LogP contribution in [0.4, 0.5) is 5.69 Å². The molecule has 2 aliphatic heterocycles. The number of halogens is 1. The summed E-state index contributed by atoms with van der Waals surface area (Å²) in [7, 11) is 0. The van der Waals surface area contributed by atoms with E-state index in [0.29, 0.717) is 27.8 Å². The standard InChI is InChI=1S/C26H20ClNO5/c27-21-7-3-1-5-18(21)15-28-22-8-4-2-6-20(22)26(31,25(28)30)14-19(29)11-9-17-10-12-23-24(13-17)33-16-32-23/h1-13,31H,14-16H2/b11-9-/t26-/m1/s1. The Morgan fingerprint density at radius 3 is 2.67 bits per heavy atom. The van der Waals surface area contributed by atoms with Crippen LogP contribution in [0.3, 0.4) is 0 Å². The van der Waals surface area contributed by atoms with Gasteiger partial charge in [-0.05, 0) is 41.5 Å². The zero-order valence-corrected chi connectivity index (χ0v) is 18.3. The molecule has 7 heteroatoms. The molecule has 1 atom stereocenters. The first kappa shape index (κ1) is 21.2. The predicted octanol–water partition coefficient (Wildman–Crippen LogP) is 4.48. The van der Waals surface area contributed by atoms with Gasteiger partial charge in [0.2, 0.25) is 6.79 Å². The molecule has 0 saturated carbocycles. The van der Waals surface area contributed by atoms with Gasteiger partial charge < -0.3 is 19.5 Å². The van der Waals surface area contributed by atoms with Gasteiger partial charge >= 0.3 is 0 Å². The van der Waals surface area contributed by atoms with Crippen molar-refractivity contribution in [3.63, 3.8) is 0 Å². The van der Waals surface area contributed by atoms with Gasteiger partial charge in [-0.2, -0.15) is 0 Å². The van der Waals surface area contributed by atoms with Crippen molar-refractivity contribution in [1.29, 1.82) is 0 Å². The van der Waals surface area contributed by atoms with E-state index in [2.05, 4.69) is 0 Å². The molecule has 1 amide bonds. The molecule has 0 fully saturated rings. The molecule has 3 aromatic carbocycles. The molecule has 0 bridgehead atoms. The molecular weight excluding hydrogens is 442 g/mol. The van der Waals surface area contributed by atoms with Gasteiger partial charge in [0, 0.05) is 10.6 Å². The SMILES string of the molecule is O=C(/C=C\c1ccc2c(c1)OCO2)C[C@]1(O)C(=O)N(Cc2ccccc2Cl)c2ccccc21. The van der Waals surface area contributed by atoms with Crippen molar-refractivity contribution in [3.05, 3.63) is 94.5 Å². The van der Waals surface area contributed by atoms with Crippen LogP contribution in [0.2, 0.25) is 5.02 Å². The fourth-order valence-corrected chi connectivity index (χ4v) is 4.34. The van der Waals surface area contributed by atoms with Gasteiger partial charge in [0.25, 0.3) is 5.91 Å². The number of fused-ring (bicyclic) bond motifs is 2. The lowest BCUT2D eigenvalue weighted by molar-refractivity contribution is -0.140. The quantitative estimate of drug-likeness (QED) is 0.548. The van der Waals surface area contributed by atoms with Crippen LogP contribution in [0.1, 0.15) is 23.1 Å². The van der Waals surface area contributed by atoms with Crippen molar-refractivity contribution in [3.8, 4) is 11.5 Å². The summed E-state index contributed by atoms with van der Waals surface area (Å²) in [6.45, 7) is 0.361. The van der Waals surface area contributed by atoms with Gasteiger partial charge in [-0.3, -0.25) is 9.59 Å². The Morgan fingerprint density at radius 2 is 1.82 bits per heavy atom. The van der Waals surface area contributed by atoms with Gasteiger partial charge in [0.05, 0.1) is 18.7 Å². The Balaban J connectivity index is 1.38. The maximum absolute atomic E-state index is 13.4. The molecule has 6 nitrogen and oxygen atoms in total. The number of amides is 1. The summed E-state index contributed by atoms with van der Waals surface area (Å²) in [6.07, 6.45) is 2.62. The largest absolute Gasteiger partial charge is 0.454 e. The highest BCUT2D eigenvalue weighted by molar-refractivity contribution is 6.31. The Bertz CT molecular complexity index is 1290. The molecule has 0 radical (unpaired) electrons. The zero-order chi connectivity index (χ0) is 23.0. The lowest BCUT2D eigenvalue weighted by Gasteiger charge is -2.22. The highest BCUT2D eigenvalue weighted by Crippen LogP contribution is 2.43. The summed E-state index contributed by atoms with van der Waals surface area (Å²) >= 11 is 6.29. The molecule has 166 valence electrons. The number of rotatable bonds is 6. The summed E-state index contributed by atoms with van der Waals surface area (Å²) < 4.78 is 10.6. The molecule has 33 heavy (non-hydrogen) atoms. The summed E-state index contributed by atoms with van der Waals surface area (Å²) in [5.41, 5.74) is 0.525. The maximum atomic E-state index is 13.4. The number of para-hydroxylation sites is 1. The third-order valence-electron chi connectivity index (χ3n) is 5.81. The van der Waals surface area contributed by atoms with Crippen molar-refractivity contribution in [2.24, 2.45) is 0 Å². The Morgan fingerprint density at radius 1 is 1.06 bits per heavy atom. The molecule has 0 aliphatic carbocycles. The minimum absolute atomic E-state index is 0.167. The highest BCUT2D eigenvalue weighted by atomic mass is 35.5. The number of allylic oxidation sites excluding steroid dienone is 1. The van der Waals surface area contributed by atoms with E-state index in [1.165, 1.54) is 11.0 Å². The topological polar surface area (TPSA) is 76.1 Å². The number of carbonyl (C=O) groups excluding carboxylic acids is 2. The van der Waals surface area contributed by atoms with E-state index in [9.17, 15) is 14.7 Å². The number of nitrogens with zero attached hydrogens (tertiary/aromatic N) is 1. The molecule has 2 aliphatic rings. The van der Waals surface area contributed by atoms with Crippen molar-refractivity contribution >= 4 is 35.1 Å². The number of benzene rings is 3. The van der Waals surface area contributed by atoms with Crippen LogP contribution in [0, 0.1) is 0 Å². The van der Waals surface area contributed by atoms with Crippen LogP contribution in [-0.4, -0.2) is 23.6 Å². The number of aliphatic hydroxyl groups is 1. The van der Waals surface area contributed by atoms with Crippen LogP contribution < -0.4 is 14.4 Å². The van der Waals surface area contributed by atoms with E-state index in [-0.39, 0.29) is 25.5 Å². The van der Waals surface area contributed by atoms with Crippen molar-refractivity contribution in [2.75, 3.05) is 11.7 Å². The molecule has 3 aromatic rings. The first-order valence-corrected chi connectivity index (χ1v) is 10.8. The Hall–Kier alpha value is -3.61. The van der Waals surface area contributed by atoms with Gasteiger partial charge in [0.1, 0.15) is 0 Å². The Labute approximate surface area is 195 Å². The average Bonchev–Trinajstić information content (AvgIpc) is 3.36. The molecule has 5 rings (SSSR count). The molecule has 0 spiro atoms. The zero-order valence-electron chi connectivity index (χ0n) is 17.5. The molecule has 0 aromatic heterocycles. The average molecular weight is 462 g/mol. The van der Waals surface area contributed by atoms with Crippen LogP contribution >= 0.6 is 11.6 Å². The van der Waals surface area contributed by atoms with Gasteiger partial charge in [-0.15, -0.1) is 0 Å². The third-order valence-corrected chi connectivity index (χ3v) is 6.18. The smallest absolute Gasteiger partial charge is 0.264 e. The fraction of sp³-hybridized carbons (Fsp3) is 0.154. The van der Waals surface area contributed by atoms with E-state index < -0.39 is 11.5 Å². The molecule has 2 heterocycles. The third kappa shape index (κ3) is 3.88. The van der Waals surface area contributed by atoms with Gasteiger partial charge in [-0.1, -0.05) is 60.1 Å². The van der Waals surface area contributed by atoms with E-state index in [1.54, 1.807) is 54.6 Å². The minimum atomic E-state index is -1.95. The Kier molecular flexibility index (Phi) is 5.40. The van der Waals surface area contributed by atoms with E-state index >= 15 is 0 Å². The minimum Gasteiger partial charge on any atom is -0.454 e. The monoisotopic (exact) mass is 461 g/mol. The summed E-state index contributed by atoms with van der Waals surface area (Å²) in [5, 5.41) is 11.9. The van der Waals surface area contributed by atoms with Gasteiger partial charge in [-0.25, -0.2) is 0 Å². The number of ketones is 1. The fourth-order valence-electron chi connectivity index (χ4n) is 4.15. The molecule has 0 saturated heterocycles. The second-order valence-corrected chi connectivity index (χ2v) is 8.36. The summed E-state index contributed by atoms with van der Waals surface area (Å²) in [6, 6.07) is 19.5. The van der Waals surface area contributed by atoms with Crippen LogP contribution in [0.25, 0.3) is 6.08 Å². The summed E-state index contributed by atoms with van der Waals surface area (Å²) in [4.78, 5) is 27.6. The predicted molar refractivity (Wildman–Crippen MR) is 124 cm³/mol. The second-order valence-electron chi connectivity index (χ2n) is 7.95. The lowest BCUT2D eigenvalue weighted by Crippen LogP contribution is -2.41. The van der Waals surface area contributed by atoms with Crippen LogP contribution in [-0.2, 0) is 21.7 Å². The second kappa shape index (κ2) is 8.39. The van der Waals surface area contributed by atoms with E-state index in [4.69, 9.17) is 21.1 Å². The van der Waals surface area contributed by atoms with Crippen LogP contribution in [0.15, 0.2) is 72.8 Å².